The summed E-state index contributed by atoms with van der Waals surface area (Å²) in [6, 6.07) is 6.72. The first-order valence-electron chi connectivity index (χ1n) is 5.03. The second kappa shape index (κ2) is 6.70. The summed E-state index contributed by atoms with van der Waals surface area (Å²) in [6.45, 7) is 1.97. The molecule has 4 nitrogen and oxygen atoms in total. The fourth-order valence-corrected chi connectivity index (χ4v) is 1.27. The number of rotatable bonds is 4. The van der Waals surface area contributed by atoms with Crippen molar-refractivity contribution in [3.8, 4) is 0 Å². The molecule has 90 valence electrons. The van der Waals surface area contributed by atoms with Crippen molar-refractivity contribution >= 4 is 29.2 Å². The zero-order valence-electron chi connectivity index (χ0n) is 9.27. The lowest BCUT2D eigenvalue weighted by molar-refractivity contribution is -0.137. The predicted molar refractivity (Wildman–Crippen MR) is 65.9 cm³/mol. The summed E-state index contributed by atoms with van der Waals surface area (Å²) < 4.78 is 4.63. The van der Waals surface area contributed by atoms with Gasteiger partial charge in [0.05, 0.1) is 6.61 Å². The van der Waals surface area contributed by atoms with Crippen LogP contribution in [0.2, 0.25) is 5.02 Å². The molecule has 0 radical (unpaired) electrons. The first-order chi connectivity index (χ1) is 8.11. The van der Waals surface area contributed by atoms with Gasteiger partial charge in [-0.1, -0.05) is 17.7 Å². The molecule has 0 saturated heterocycles. The van der Waals surface area contributed by atoms with Crippen LogP contribution in [0.4, 0.5) is 5.69 Å². The number of esters is 1. The number of benzene rings is 1. The van der Waals surface area contributed by atoms with E-state index in [2.05, 4.69) is 10.1 Å². The Morgan fingerprint density at radius 2 is 2.18 bits per heavy atom. The molecular formula is C12H12ClNO3. The second-order valence-corrected chi connectivity index (χ2v) is 3.52. The molecule has 1 amide bonds. The van der Waals surface area contributed by atoms with Gasteiger partial charge in [0, 0.05) is 22.9 Å². The van der Waals surface area contributed by atoms with Gasteiger partial charge in [-0.15, -0.1) is 0 Å². The normalized spacial score (nSPS) is 10.2. The molecule has 1 rings (SSSR count). The van der Waals surface area contributed by atoms with Gasteiger partial charge in [0.15, 0.2) is 0 Å². The highest BCUT2D eigenvalue weighted by Gasteiger charge is 2.00. The molecule has 0 unspecified atom stereocenters. The number of carbonyl (C=O) groups is 2. The Labute approximate surface area is 104 Å². The molecule has 0 aliphatic heterocycles. The van der Waals surface area contributed by atoms with Crippen molar-refractivity contribution in [2.24, 2.45) is 0 Å². The van der Waals surface area contributed by atoms with Crippen molar-refractivity contribution in [3.63, 3.8) is 0 Å². The molecule has 0 saturated carbocycles. The van der Waals surface area contributed by atoms with Crippen molar-refractivity contribution in [3.05, 3.63) is 41.4 Å². The Morgan fingerprint density at radius 1 is 1.41 bits per heavy atom. The predicted octanol–water partition coefficient (Wildman–Crippen LogP) is 2.40. The van der Waals surface area contributed by atoms with Crippen molar-refractivity contribution in [2.45, 2.75) is 6.92 Å². The molecule has 17 heavy (non-hydrogen) atoms. The van der Waals surface area contributed by atoms with E-state index in [-0.39, 0.29) is 6.61 Å². The lowest BCUT2D eigenvalue weighted by Gasteiger charge is -2.01. The van der Waals surface area contributed by atoms with E-state index in [1.807, 2.05) is 0 Å². The molecular weight excluding hydrogens is 242 g/mol. The maximum atomic E-state index is 11.4. The van der Waals surface area contributed by atoms with Crippen LogP contribution in [0.25, 0.3) is 0 Å². The van der Waals surface area contributed by atoms with Crippen LogP contribution >= 0.6 is 11.6 Å². The SMILES string of the molecule is CCOC(=O)/C=C/C(=O)Nc1cccc(Cl)c1. The van der Waals surface area contributed by atoms with E-state index < -0.39 is 11.9 Å². The van der Waals surface area contributed by atoms with E-state index in [1.54, 1.807) is 31.2 Å². The summed E-state index contributed by atoms with van der Waals surface area (Å²) in [7, 11) is 0. The van der Waals surface area contributed by atoms with Crippen LogP contribution in [0.5, 0.6) is 0 Å². The molecule has 0 atom stereocenters. The van der Waals surface area contributed by atoms with Crippen LogP contribution in [0.1, 0.15) is 6.92 Å². The van der Waals surface area contributed by atoms with E-state index in [1.165, 1.54) is 0 Å². The van der Waals surface area contributed by atoms with Crippen LogP contribution < -0.4 is 5.32 Å². The van der Waals surface area contributed by atoms with Gasteiger partial charge in [-0.2, -0.15) is 0 Å². The summed E-state index contributed by atoms with van der Waals surface area (Å²) >= 11 is 5.75. The fourth-order valence-electron chi connectivity index (χ4n) is 1.08. The van der Waals surface area contributed by atoms with E-state index in [4.69, 9.17) is 11.6 Å². The van der Waals surface area contributed by atoms with Gasteiger partial charge >= 0.3 is 5.97 Å². The lowest BCUT2D eigenvalue weighted by Crippen LogP contribution is -2.09. The lowest BCUT2D eigenvalue weighted by atomic mass is 10.3. The number of anilines is 1. The van der Waals surface area contributed by atoms with Gasteiger partial charge in [-0.05, 0) is 25.1 Å². The molecule has 0 spiro atoms. The van der Waals surface area contributed by atoms with Crippen LogP contribution in [0.3, 0.4) is 0 Å². The average molecular weight is 254 g/mol. The van der Waals surface area contributed by atoms with Crippen molar-refractivity contribution < 1.29 is 14.3 Å². The number of amides is 1. The molecule has 0 fully saturated rings. The summed E-state index contributed by atoms with van der Waals surface area (Å²) in [5, 5.41) is 3.09. The van der Waals surface area contributed by atoms with E-state index >= 15 is 0 Å². The van der Waals surface area contributed by atoms with Crippen molar-refractivity contribution in [1.29, 1.82) is 0 Å². The van der Waals surface area contributed by atoms with E-state index in [0.717, 1.165) is 12.2 Å². The van der Waals surface area contributed by atoms with Crippen LogP contribution in [0, 0.1) is 0 Å². The maximum Gasteiger partial charge on any atom is 0.330 e. The third-order valence-electron chi connectivity index (χ3n) is 1.75. The minimum Gasteiger partial charge on any atom is -0.463 e. The molecule has 1 N–H and O–H groups in total. The van der Waals surface area contributed by atoms with Gasteiger partial charge in [0.2, 0.25) is 5.91 Å². The summed E-state index contributed by atoms with van der Waals surface area (Å²) in [5.74, 6) is -0.964. The molecule has 0 aliphatic rings. The third kappa shape index (κ3) is 5.17. The Bertz CT molecular complexity index is 443. The second-order valence-electron chi connectivity index (χ2n) is 3.08. The van der Waals surface area contributed by atoms with Crippen molar-refractivity contribution in [1.82, 2.24) is 0 Å². The molecule has 1 aromatic rings. The number of ether oxygens (including phenoxy) is 1. The molecule has 0 aliphatic carbocycles. The number of hydrogen-bond donors (Lipinski definition) is 1. The van der Waals surface area contributed by atoms with Gasteiger partial charge in [-0.3, -0.25) is 4.79 Å². The highest BCUT2D eigenvalue weighted by Crippen LogP contribution is 2.14. The third-order valence-corrected chi connectivity index (χ3v) is 1.98. The quantitative estimate of drug-likeness (QED) is 0.662. The zero-order valence-corrected chi connectivity index (χ0v) is 10.0. The minimum absolute atomic E-state index is 0.277. The summed E-state index contributed by atoms with van der Waals surface area (Å²) in [4.78, 5) is 22.3. The number of halogens is 1. The van der Waals surface area contributed by atoms with E-state index in [0.29, 0.717) is 10.7 Å². The van der Waals surface area contributed by atoms with Gasteiger partial charge < -0.3 is 10.1 Å². The van der Waals surface area contributed by atoms with Crippen LogP contribution in [0.15, 0.2) is 36.4 Å². The summed E-state index contributed by atoms with van der Waals surface area (Å²) in [5.41, 5.74) is 0.566. The number of carbonyl (C=O) groups excluding carboxylic acids is 2. The summed E-state index contributed by atoms with van der Waals surface area (Å²) in [6.07, 6.45) is 2.18. The highest BCUT2D eigenvalue weighted by molar-refractivity contribution is 6.30. The molecule has 1 aromatic carbocycles. The van der Waals surface area contributed by atoms with Crippen LogP contribution in [-0.4, -0.2) is 18.5 Å². The first kappa shape index (κ1) is 13.3. The Balaban J connectivity index is 2.53. The monoisotopic (exact) mass is 253 g/mol. The standard InChI is InChI=1S/C12H12ClNO3/c1-2-17-12(16)7-6-11(15)14-10-5-3-4-9(13)8-10/h3-8H,2H2,1H3,(H,14,15)/b7-6+. The maximum absolute atomic E-state index is 11.4. The number of nitrogens with one attached hydrogen (secondary N) is 1. The van der Waals surface area contributed by atoms with Crippen LogP contribution in [-0.2, 0) is 14.3 Å². The minimum atomic E-state index is -0.547. The van der Waals surface area contributed by atoms with Gasteiger partial charge in [0.1, 0.15) is 0 Å². The smallest absolute Gasteiger partial charge is 0.330 e. The Morgan fingerprint density at radius 3 is 2.82 bits per heavy atom. The zero-order chi connectivity index (χ0) is 12.7. The Kier molecular flexibility index (Phi) is 5.23. The van der Waals surface area contributed by atoms with E-state index in [9.17, 15) is 9.59 Å². The molecule has 5 heteroatoms. The van der Waals surface area contributed by atoms with Gasteiger partial charge in [0.25, 0.3) is 0 Å². The number of hydrogen-bond acceptors (Lipinski definition) is 3. The highest BCUT2D eigenvalue weighted by atomic mass is 35.5. The molecule has 0 bridgehead atoms. The van der Waals surface area contributed by atoms with Crippen molar-refractivity contribution in [2.75, 3.05) is 11.9 Å². The molecule has 0 aromatic heterocycles. The van der Waals surface area contributed by atoms with Gasteiger partial charge in [-0.25, -0.2) is 4.79 Å². The largest absolute Gasteiger partial charge is 0.463 e. The fraction of sp³-hybridized carbons (Fsp3) is 0.167. The molecule has 0 heterocycles. The average Bonchev–Trinajstić information content (AvgIpc) is 2.27. The topological polar surface area (TPSA) is 55.4 Å². The Hall–Kier alpha value is -1.81. The first-order valence-corrected chi connectivity index (χ1v) is 5.41.